The topological polar surface area (TPSA) is 84.0 Å². The summed E-state index contributed by atoms with van der Waals surface area (Å²) in [5, 5.41) is 3.23. The molecule has 2 aromatic rings. The van der Waals surface area contributed by atoms with Crippen LogP contribution in [-0.4, -0.2) is 31.5 Å². The standard InChI is InChI=1S/C14H17ClN4O2S/c1-2-16-14-13(15)9-12(10-18-14)22(20,21)19-8-6-11-5-3-4-7-17-11/h3-5,7,9-10,19H,2,6,8H2,1H3,(H,16,18). The van der Waals surface area contributed by atoms with Crippen LogP contribution in [0.5, 0.6) is 0 Å². The average molecular weight is 341 g/mol. The monoisotopic (exact) mass is 340 g/mol. The Morgan fingerprint density at radius 2 is 2.09 bits per heavy atom. The lowest BCUT2D eigenvalue weighted by atomic mass is 10.3. The average Bonchev–Trinajstić information content (AvgIpc) is 2.50. The Morgan fingerprint density at radius 1 is 1.27 bits per heavy atom. The number of aromatic nitrogens is 2. The summed E-state index contributed by atoms with van der Waals surface area (Å²) in [6, 6.07) is 6.90. The van der Waals surface area contributed by atoms with Crippen molar-refractivity contribution < 1.29 is 8.42 Å². The maximum absolute atomic E-state index is 12.2. The molecule has 0 aromatic carbocycles. The maximum atomic E-state index is 12.2. The molecule has 0 saturated heterocycles. The summed E-state index contributed by atoms with van der Waals surface area (Å²) >= 11 is 6.02. The minimum absolute atomic E-state index is 0.0418. The molecule has 2 N–H and O–H groups in total. The Morgan fingerprint density at radius 3 is 2.73 bits per heavy atom. The van der Waals surface area contributed by atoms with Crippen LogP contribution in [0.25, 0.3) is 0 Å². The fraction of sp³-hybridized carbons (Fsp3) is 0.286. The second-order valence-corrected chi connectivity index (χ2v) is 6.67. The highest BCUT2D eigenvalue weighted by atomic mass is 35.5. The van der Waals surface area contributed by atoms with Crippen molar-refractivity contribution in [3.05, 3.63) is 47.4 Å². The molecule has 22 heavy (non-hydrogen) atoms. The molecule has 6 nitrogen and oxygen atoms in total. The summed E-state index contributed by atoms with van der Waals surface area (Å²) in [5.74, 6) is 0.469. The molecule has 0 aliphatic rings. The first-order valence-electron chi connectivity index (χ1n) is 6.82. The lowest BCUT2D eigenvalue weighted by Crippen LogP contribution is -2.26. The van der Waals surface area contributed by atoms with Crippen LogP contribution in [0.1, 0.15) is 12.6 Å². The van der Waals surface area contributed by atoms with Crippen LogP contribution in [0.2, 0.25) is 5.02 Å². The minimum atomic E-state index is -3.64. The summed E-state index contributed by atoms with van der Waals surface area (Å²) in [6.07, 6.45) is 3.47. The van der Waals surface area contributed by atoms with E-state index in [1.54, 1.807) is 6.20 Å². The summed E-state index contributed by atoms with van der Waals surface area (Å²) in [7, 11) is -3.64. The van der Waals surface area contributed by atoms with Gasteiger partial charge in [0.2, 0.25) is 10.0 Å². The Bertz CT molecular complexity index is 723. The molecule has 2 heterocycles. The Hall–Kier alpha value is -1.70. The van der Waals surface area contributed by atoms with Gasteiger partial charge in [0, 0.05) is 37.6 Å². The Kier molecular flexibility index (Phi) is 5.70. The maximum Gasteiger partial charge on any atom is 0.242 e. The molecule has 0 aliphatic heterocycles. The van der Waals surface area contributed by atoms with E-state index in [0.717, 1.165) is 5.69 Å². The van der Waals surface area contributed by atoms with Crippen molar-refractivity contribution in [1.29, 1.82) is 0 Å². The van der Waals surface area contributed by atoms with Gasteiger partial charge in [0.25, 0.3) is 0 Å². The molecule has 0 bridgehead atoms. The quantitative estimate of drug-likeness (QED) is 0.806. The predicted molar refractivity (Wildman–Crippen MR) is 86.5 cm³/mol. The van der Waals surface area contributed by atoms with E-state index in [2.05, 4.69) is 20.0 Å². The molecule has 2 aromatic heterocycles. The summed E-state index contributed by atoms with van der Waals surface area (Å²) in [4.78, 5) is 8.21. The zero-order chi connectivity index (χ0) is 16.0. The van der Waals surface area contributed by atoms with Gasteiger partial charge in [0.15, 0.2) is 0 Å². The molecule has 0 radical (unpaired) electrons. The molecular formula is C14H17ClN4O2S. The molecule has 118 valence electrons. The van der Waals surface area contributed by atoms with Crippen molar-refractivity contribution in [2.24, 2.45) is 0 Å². The number of halogens is 1. The van der Waals surface area contributed by atoms with Gasteiger partial charge in [0.05, 0.1) is 5.02 Å². The van der Waals surface area contributed by atoms with Crippen LogP contribution in [-0.2, 0) is 16.4 Å². The molecule has 0 aliphatic carbocycles. The molecule has 0 amide bonds. The lowest BCUT2D eigenvalue weighted by molar-refractivity contribution is 0.581. The zero-order valence-electron chi connectivity index (χ0n) is 12.1. The van der Waals surface area contributed by atoms with Crippen molar-refractivity contribution in [1.82, 2.24) is 14.7 Å². The smallest absolute Gasteiger partial charge is 0.242 e. The number of pyridine rings is 2. The highest BCUT2D eigenvalue weighted by Crippen LogP contribution is 2.22. The Labute approximate surface area is 135 Å². The molecule has 0 atom stereocenters. The number of sulfonamides is 1. The molecule has 2 rings (SSSR count). The third-order valence-electron chi connectivity index (χ3n) is 2.87. The van der Waals surface area contributed by atoms with E-state index in [1.165, 1.54) is 12.3 Å². The fourth-order valence-electron chi connectivity index (χ4n) is 1.81. The molecule has 0 saturated carbocycles. The lowest BCUT2D eigenvalue weighted by Gasteiger charge is -2.09. The van der Waals surface area contributed by atoms with Crippen LogP contribution in [0.3, 0.4) is 0 Å². The van der Waals surface area contributed by atoms with Gasteiger partial charge in [-0.3, -0.25) is 4.98 Å². The SMILES string of the molecule is CCNc1ncc(S(=O)(=O)NCCc2ccccn2)cc1Cl. The van der Waals surface area contributed by atoms with Gasteiger partial charge < -0.3 is 5.32 Å². The summed E-state index contributed by atoms with van der Waals surface area (Å²) in [6.45, 7) is 2.81. The van der Waals surface area contributed by atoms with E-state index in [0.29, 0.717) is 18.8 Å². The number of hydrogen-bond acceptors (Lipinski definition) is 5. The molecular weight excluding hydrogens is 324 g/mol. The highest BCUT2D eigenvalue weighted by molar-refractivity contribution is 7.89. The second-order valence-electron chi connectivity index (χ2n) is 4.50. The summed E-state index contributed by atoms with van der Waals surface area (Å²) < 4.78 is 26.9. The van der Waals surface area contributed by atoms with Crippen LogP contribution < -0.4 is 10.0 Å². The number of anilines is 1. The van der Waals surface area contributed by atoms with E-state index < -0.39 is 10.0 Å². The molecule has 0 unspecified atom stereocenters. The van der Waals surface area contributed by atoms with Crippen molar-refractivity contribution in [2.75, 3.05) is 18.4 Å². The van der Waals surface area contributed by atoms with Crippen molar-refractivity contribution in [3.63, 3.8) is 0 Å². The normalized spacial score (nSPS) is 11.4. The van der Waals surface area contributed by atoms with E-state index in [-0.39, 0.29) is 16.5 Å². The molecule has 8 heteroatoms. The van der Waals surface area contributed by atoms with Crippen molar-refractivity contribution in [2.45, 2.75) is 18.2 Å². The van der Waals surface area contributed by atoms with Gasteiger partial charge in [-0.05, 0) is 25.1 Å². The fourth-order valence-corrected chi connectivity index (χ4v) is 3.11. The van der Waals surface area contributed by atoms with Gasteiger partial charge in [-0.15, -0.1) is 0 Å². The number of nitrogens with one attached hydrogen (secondary N) is 2. The first kappa shape index (κ1) is 16.7. The van der Waals surface area contributed by atoms with Crippen LogP contribution in [0.4, 0.5) is 5.82 Å². The van der Waals surface area contributed by atoms with Crippen LogP contribution in [0, 0.1) is 0 Å². The van der Waals surface area contributed by atoms with Crippen LogP contribution >= 0.6 is 11.6 Å². The minimum Gasteiger partial charge on any atom is -0.369 e. The Balaban J connectivity index is 2.02. The van der Waals surface area contributed by atoms with E-state index in [1.807, 2.05) is 25.1 Å². The molecule has 0 fully saturated rings. The first-order chi connectivity index (χ1) is 10.5. The van der Waals surface area contributed by atoms with Crippen LogP contribution in [0.15, 0.2) is 41.6 Å². The zero-order valence-corrected chi connectivity index (χ0v) is 13.7. The number of nitrogens with zero attached hydrogens (tertiary/aromatic N) is 2. The third kappa shape index (κ3) is 4.40. The van der Waals surface area contributed by atoms with E-state index >= 15 is 0 Å². The number of rotatable bonds is 7. The van der Waals surface area contributed by atoms with Crippen molar-refractivity contribution in [3.8, 4) is 0 Å². The van der Waals surface area contributed by atoms with E-state index in [9.17, 15) is 8.42 Å². The predicted octanol–water partition coefficient (Wildman–Crippen LogP) is 2.08. The van der Waals surface area contributed by atoms with Gasteiger partial charge in [-0.1, -0.05) is 17.7 Å². The van der Waals surface area contributed by atoms with Gasteiger partial charge >= 0.3 is 0 Å². The van der Waals surface area contributed by atoms with Gasteiger partial charge in [0.1, 0.15) is 10.7 Å². The summed E-state index contributed by atoms with van der Waals surface area (Å²) in [5.41, 5.74) is 0.823. The third-order valence-corrected chi connectivity index (χ3v) is 4.59. The van der Waals surface area contributed by atoms with Crippen molar-refractivity contribution >= 4 is 27.4 Å². The van der Waals surface area contributed by atoms with E-state index in [4.69, 9.17) is 11.6 Å². The van der Waals surface area contributed by atoms with Gasteiger partial charge in [-0.25, -0.2) is 18.1 Å². The first-order valence-corrected chi connectivity index (χ1v) is 8.68. The second kappa shape index (κ2) is 7.53. The highest BCUT2D eigenvalue weighted by Gasteiger charge is 2.16. The van der Waals surface area contributed by atoms with Gasteiger partial charge in [-0.2, -0.15) is 0 Å². The molecule has 0 spiro atoms. The largest absolute Gasteiger partial charge is 0.369 e. The number of hydrogen-bond donors (Lipinski definition) is 2.